The van der Waals surface area contributed by atoms with Crippen LogP contribution in [-0.2, 0) is 10.0 Å². The van der Waals surface area contributed by atoms with Gasteiger partial charge in [0.25, 0.3) is 15.8 Å². The van der Waals surface area contributed by atoms with Crippen molar-refractivity contribution >= 4 is 38.7 Å². The molecule has 34 heavy (non-hydrogen) atoms. The van der Waals surface area contributed by atoms with Crippen molar-refractivity contribution in [2.24, 2.45) is 5.92 Å². The van der Waals surface area contributed by atoms with Crippen LogP contribution < -0.4 is 15.2 Å². The molecule has 3 aromatic rings. The van der Waals surface area contributed by atoms with Gasteiger partial charge in [0, 0.05) is 18.5 Å². The van der Waals surface area contributed by atoms with E-state index in [0.717, 1.165) is 16.9 Å². The Labute approximate surface area is 202 Å². The Morgan fingerprint density at radius 2 is 1.91 bits per heavy atom. The Morgan fingerprint density at radius 3 is 2.47 bits per heavy atom. The second-order valence-electron chi connectivity index (χ2n) is 8.48. The minimum atomic E-state index is -3.86. The molecule has 0 bridgehead atoms. The second-order valence-corrected chi connectivity index (χ2v) is 11.5. The zero-order chi connectivity index (χ0) is 25.2. The molecule has 0 unspecified atom stereocenters. The maximum atomic E-state index is 12.8. The second kappa shape index (κ2) is 10.2. The van der Waals surface area contributed by atoms with E-state index in [2.05, 4.69) is 29.6 Å². The van der Waals surface area contributed by atoms with Gasteiger partial charge in [-0.1, -0.05) is 46.7 Å². The summed E-state index contributed by atoms with van der Waals surface area (Å²) in [4.78, 5) is 12.3. The van der Waals surface area contributed by atoms with Crippen LogP contribution in [0.2, 0.25) is 0 Å². The molecule has 3 aromatic heterocycles. The molecule has 1 atom stereocenters. The van der Waals surface area contributed by atoms with Gasteiger partial charge in [0.05, 0.1) is 12.3 Å². The third-order valence-corrected chi connectivity index (χ3v) is 9.03. The lowest BCUT2D eigenvalue weighted by Gasteiger charge is -2.19. The van der Waals surface area contributed by atoms with E-state index in [1.807, 2.05) is 19.9 Å². The third kappa shape index (κ3) is 5.00. The Kier molecular flexibility index (Phi) is 7.78. The van der Waals surface area contributed by atoms with E-state index < -0.39 is 15.8 Å². The van der Waals surface area contributed by atoms with E-state index in [9.17, 15) is 18.4 Å². The summed E-state index contributed by atoms with van der Waals surface area (Å²) >= 11 is 0.867. The minimum Gasteiger partial charge on any atom is -0.503 e. The Bertz CT molecular complexity index is 1270. The molecule has 0 aliphatic rings. The van der Waals surface area contributed by atoms with Gasteiger partial charge < -0.3 is 14.8 Å². The maximum Gasteiger partial charge on any atom is 0.371 e. The van der Waals surface area contributed by atoms with Crippen LogP contribution in [0.25, 0.3) is 0 Å². The van der Waals surface area contributed by atoms with Crippen molar-refractivity contribution in [1.29, 1.82) is 0 Å². The molecule has 0 aliphatic carbocycles. The fraction of sp³-hybridized carbons (Fsp3) is 0.524. The molecule has 4 N–H and O–H groups in total. The summed E-state index contributed by atoms with van der Waals surface area (Å²) in [5.41, 5.74) is 1.13. The number of rotatable bonds is 11. The SMILES string of the molecule is CCN(CC)S(=O)(=O)c1scc(Nc2c(N[C@@H](c3cc(C(C)C)co3)C(C)C)[nH]o[n+]2=O)c1O. The zero-order valence-corrected chi connectivity index (χ0v) is 21.7. The summed E-state index contributed by atoms with van der Waals surface area (Å²) < 4.78 is 37.6. The normalized spacial score (nSPS) is 13.2. The van der Waals surface area contributed by atoms with Crippen molar-refractivity contribution in [1.82, 2.24) is 9.46 Å². The van der Waals surface area contributed by atoms with Crippen LogP contribution in [0.15, 0.2) is 31.0 Å². The lowest BCUT2D eigenvalue weighted by Crippen LogP contribution is -2.30. The number of H-pyrrole nitrogens is 1. The summed E-state index contributed by atoms with van der Waals surface area (Å²) in [6.45, 7) is 12.1. The topological polar surface area (TPSA) is 147 Å². The summed E-state index contributed by atoms with van der Waals surface area (Å²) in [5.74, 6) is 0.772. The molecule has 3 rings (SSSR count). The molecule has 3 heterocycles. The number of aromatic hydroxyl groups is 1. The number of thiophene rings is 1. The number of nitrogens with one attached hydrogen (secondary N) is 3. The van der Waals surface area contributed by atoms with E-state index in [0.29, 0.717) is 11.7 Å². The average molecular weight is 515 g/mol. The van der Waals surface area contributed by atoms with Crippen molar-refractivity contribution < 1.29 is 27.2 Å². The van der Waals surface area contributed by atoms with Crippen LogP contribution in [0, 0.1) is 10.8 Å². The number of anilines is 3. The molecule has 0 aromatic carbocycles. The van der Waals surface area contributed by atoms with Gasteiger partial charge in [-0.3, -0.25) is 5.32 Å². The summed E-state index contributed by atoms with van der Waals surface area (Å²) in [6.07, 6.45) is 1.71. The molecule has 0 amide bonds. The smallest absolute Gasteiger partial charge is 0.371 e. The minimum absolute atomic E-state index is 0.0684. The highest BCUT2D eigenvalue weighted by atomic mass is 32.2. The van der Waals surface area contributed by atoms with Gasteiger partial charge >= 0.3 is 5.82 Å². The molecule has 0 aliphatic heterocycles. The van der Waals surface area contributed by atoms with E-state index in [1.165, 1.54) is 9.69 Å². The Morgan fingerprint density at radius 1 is 1.24 bits per heavy atom. The average Bonchev–Trinajstić information content (AvgIpc) is 3.48. The van der Waals surface area contributed by atoms with Crippen molar-refractivity contribution in [3.63, 3.8) is 0 Å². The van der Waals surface area contributed by atoms with Gasteiger partial charge in [-0.05, 0) is 28.4 Å². The molecule has 0 saturated carbocycles. The van der Waals surface area contributed by atoms with E-state index in [-0.39, 0.29) is 51.2 Å². The third-order valence-electron chi connectivity index (χ3n) is 5.49. The van der Waals surface area contributed by atoms with Gasteiger partial charge in [0.15, 0.2) is 20.2 Å². The van der Waals surface area contributed by atoms with E-state index >= 15 is 0 Å². The maximum absolute atomic E-state index is 12.8. The number of furan rings is 1. The number of nitrogens with zero attached hydrogens (tertiary/aromatic N) is 2. The first-order chi connectivity index (χ1) is 16.0. The molecule has 11 nitrogen and oxygen atoms in total. The lowest BCUT2D eigenvalue weighted by molar-refractivity contribution is -0.701. The van der Waals surface area contributed by atoms with Crippen molar-refractivity contribution in [3.05, 3.63) is 33.9 Å². The fourth-order valence-corrected chi connectivity index (χ4v) is 6.28. The van der Waals surface area contributed by atoms with Gasteiger partial charge in [-0.2, -0.15) is 4.31 Å². The summed E-state index contributed by atoms with van der Waals surface area (Å²) in [6, 6.07) is 1.67. The lowest BCUT2D eigenvalue weighted by atomic mass is 9.99. The molecule has 13 heteroatoms. The highest BCUT2D eigenvalue weighted by molar-refractivity contribution is 7.91. The van der Waals surface area contributed by atoms with Crippen molar-refractivity contribution in [2.45, 2.75) is 57.7 Å². The number of hydrogen-bond acceptors (Lipinski definition) is 9. The zero-order valence-electron chi connectivity index (χ0n) is 20.1. The standard InChI is InChI=1S/C21H31N5O6S2/c1-7-25(8-2)34(29,30)21-18(27)15(11-33-21)22-20-19(24-32-26(20)28)23-17(13(5)6)16-9-14(10-31-16)12(3)4/h9-13,17,22H,7-8H2,1-6H3,(H2-,23,24,27,28)/p+1/t17-/m1/s1. The first-order valence-corrected chi connectivity index (χ1v) is 13.4. The Hall–Kier alpha value is -2.77. The monoisotopic (exact) mass is 514 g/mol. The van der Waals surface area contributed by atoms with Crippen LogP contribution in [0.5, 0.6) is 5.75 Å². The van der Waals surface area contributed by atoms with Crippen molar-refractivity contribution in [2.75, 3.05) is 23.7 Å². The fourth-order valence-electron chi connectivity index (χ4n) is 3.45. The predicted octanol–water partition coefficient (Wildman–Crippen LogP) is 4.59. The van der Waals surface area contributed by atoms with Gasteiger partial charge in [0.1, 0.15) is 5.76 Å². The van der Waals surface area contributed by atoms with Crippen LogP contribution >= 0.6 is 11.3 Å². The van der Waals surface area contributed by atoms with Gasteiger partial charge in [-0.15, -0.1) is 16.0 Å². The number of aromatic nitrogens is 2. The number of sulfonamides is 1. The first kappa shape index (κ1) is 25.8. The summed E-state index contributed by atoms with van der Waals surface area (Å²) in [7, 11) is -3.86. The molecule has 0 fully saturated rings. The highest BCUT2D eigenvalue weighted by Crippen LogP contribution is 2.41. The number of hydrogen-bond donors (Lipinski definition) is 4. The van der Waals surface area contributed by atoms with Gasteiger partial charge in [0.2, 0.25) is 0 Å². The van der Waals surface area contributed by atoms with E-state index in [4.69, 9.17) is 9.05 Å². The van der Waals surface area contributed by atoms with Crippen LogP contribution in [0.3, 0.4) is 0 Å². The van der Waals surface area contributed by atoms with Crippen molar-refractivity contribution in [3.8, 4) is 5.75 Å². The predicted molar refractivity (Wildman–Crippen MR) is 130 cm³/mol. The van der Waals surface area contributed by atoms with E-state index in [1.54, 1.807) is 20.1 Å². The van der Waals surface area contributed by atoms with Crippen LogP contribution in [0.4, 0.5) is 17.3 Å². The number of aromatic amines is 1. The Balaban J connectivity index is 1.91. The van der Waals surface area contributed by atoms with Crippen LogP contribution in [0.1, 0.15) is 64.8 Å². The molecule has 0 saturated heterocycles. The van der Waals surface area contributed by atoms with Gasteiger partial charge in [-0.25, -0.2) is 8.42 Å². The molecule has 0 spiro atoms. The molecular weight excluding hydrogens is 482 g/mol. The molecule has 0 radical (unpaired) electrons. The molecular formula is C21H32N5O6S2+. The highest BCUT2D eigenvalue weighted by Gasteiger charge is 2.32. The van der Waals surface area contributed by atoms with Crippen LogP contribution in [-0.4, -0.2) is 36.1 Å². The largest absolute Gasteiger partial charge is 0.503 e. The summed E-state index contributed by atoms with van der Waals surface area (Å²) in [5, 5.41) is 20.6. The quantitative estimate of drug-likeness (QED) is 0.291. The first-order valence-electron chi connectivity index (χ1n) is 11.1. The molecule has 188 valence electrons.